The fourth-order valence-electron chi connectivity index (χ4n) is 4.85. The number of amides is 1. The maximum Gasteiger partial charge on any atom is 0.417 e. The summed E-state index contributed by atoms with van der Waals surface area (Å²) in [5.41, 5.74) is 0.637. The topological polar surface area (TPSA) is 45.2 Å². The summed E-state index contributed by atoms with van der Waals surface area (Å²) in [6.45, 7) is 1.24. The van der Waals surface area contributed by atoms with Gasteiger partial charge in [-0.1, -0.05) is 30.2 Å². The molecule has 1 amide bonds. The van der Waals surface area contributed by atoms with Crippen molar-refractivity contribution in [1.82, 2.24) is 15.2 Å². The van der Waals surface area contributed by atoms with Gasteiger partial charge in [0.05, 0.1) is 27.9 Å². The molecule has 2 aliphatic heterocycles. The highest BCUT2D eigenvalue weighted by Gasteiger charge is 2.36. The van der Waals surface area contributed by atoms with E-state index in [9.17, 15) is 18.0 Å². The lowest BCUT2D eigenvalue weighted by atomic mass is 9.86. The van der Waals surface area contributed by atoms with Gasteiger partial charge in [0.15, 0.2) is 0 Å². The molecule has 2 fully saturated rings. The van der Waals surface area contributed by atoms with Crippen LogP contribution in [0.5, 0.6) is 0 Å². The molecule has 1 aromatic carbocycles. The Labute approximate surface area is 184 Å². The van der Waals surface area contributed by atoms with E-state index in [1.165, 1.54) is 37.8 Å². The van der Waals surface area contributed by atoms with Crippen molar-refractivity contribution < 1.29 is 18.0 Å². The molecule has 2 atom stereocenters. The second-order valence-corrected chi connectivity index (χ2v) is 8.61. The minimum absolute atomic E-state index is 0.184. The standard InChI is InChI=1S/C23H25ClF3N3O/c24-20-17(9-4-10-18(20)23(25,26)27)22(31)29-14-15-6-5-12-28-21(15)19-11-3-8-16-7-1-2-13-30(16)19/h4-6,9-10,12,16,19H,1-3,7-8,11,13-14H2,(H,29,31). The first-order valence-corrected chi connectivity index (χ1v) is 11.1. The van der Waals surface area contributed by atoms with E-state index in [0.717, 1.165) is 36.7 Å². The van der Waals surface area contributed by atoms with Crippen LogP contribution in [0.3, 0.4) is 0 Å². The highest BCUT2D eigenvalue weighted by atomic mass is 35.5. The lowest BCUT2D eigenvalue weighted by Gasteiger charge is -2.45. The van der Waals surface area contributed by atoms with E-state index in [1.54, 1.807) is 6.20 Å². The number of nitrogens with zero attached hydrogens (tertiary/aromatic N) is 2. The van der Waals surface area contributed by atoms with Crippen molar-refractivity contribution in [2.24, 2.45) is 0 Å². The Morgan fingerprint density at radius 2 is 1.94 bits per heavy atom. The Morgan fingerprint density at radius 3 is 2.74 bits per heavy atom. The van der Waals surface area contributed by atoms with Gasteiger partial charge in [0.2, 0.25) is 0 Å². The predicted molar refractivity (Wildman–Crippen MR) is 113 cm³/mol. The molecule has 2 saturated heterocycles. The van der Waals surface area contributed by atoms with Crippen LogP contribution >= 0.6 is 11.6 Å². The zero-order chi connectivity index (χ0) is 22.0. The van der Waals surface area contributed by atoms with E-state index in [0.29, 0.717) is 6.04 Å². The molecule has 2 aliphatic rings. The van der Waals surface area contributed by atoms with Crippen molar-refractivity contribution >= 4 is 17.5 Å². The second-order valence-electron chi connectivity index (χ2n) is 8.23. The van der Waals surface area contributed by atoms with Crippen LogP contribution in [0.1, 0.15) is 71.7 Å². The van der Waals surface area contributed by atoms with Crippen molar-refractivity contribution in [2.75, 3.05) is 6.54 Å². The number of carbonyl (C=O) groups is 1. The van der Waals surface area contributed by atoms with Crippen molar-refractivity contribution in [1.29, 1.82) is 0 Å². The van der Waals surface area contributed by atoms with Gasteiger partial charge in [0, 0.05) is 18.8 Å². The summed E-state index contributed by atoms with van der Waals surface area (Å²) in [6, 6.07) is 7.90. The summed E-state index contributed by atoms with van der Waals surface area (Å²) in [4.78, 5) is 19.8. The van der Waals surface area contributed by atoms with Gasteiger partial charge >= 0.3 is 6.18 Å². The maximum atomic E-state index is 13.1. The monoisotopic (exact) mass is 451 g/mol. The molecule has 4 nitrogen and oxygen atoms in total. The summed E-state index contributed by atoms with van der Waals surface area (Å²) >= 11 is 5.90. The van der Waals surface area contributed by atoms with E-state index >= 15 is 0 Å². The Bertz CT molecular complexity index is 948. The number of piperidine rings is 2. The first kappa shape index (κ1) is 22.1. The molecule has 0 spiro atoms. The number of halogens is 4. The number of hydrogen-bond donors (Lipinski definition) is 1. The zero-order valence-electron chi connectivity index (χ0n) is 17.1. The number of nitrogens with one attached hydrogen (secondary N) is 1. The van der Waals surface area contributed by atoms with Crippen LogP contribution < -0.4 is 5.32 Å². The Morgan fingerprint density at radius 1 is 1.13 bits per heavy atom. The molecule has 0 saturated carbocycles. The molecule has 1 N–H and O–H groups in total. The van der Waals surface area contributed by atoms with Gasteiger partial charge in [-0.15, -0.1) is 0 Å². The minimum atomic E-state index is -4.62. The van der Waals surface area contributed by atoms with E-state index in [4.69, 9.17) is 11.6 Å². The third-order valence-corrected chi connectivity index (χ3v) is 6.72. The molecule has 4 rings (SSSR count). The van der Waals surface area contributed by atoms with E-state index in [1.807, 2.05) is 12.1 Å². The number of aromatic nitrogens is 1. The Balaban J connectivity index is 1.52. The summed E-state index contributed by atoms with van der Waals surface area (Å²) in [5, 5.41) is 2.16. The average Bonchev–Trinajstić information content (AvgIpc) is 2.76. The third kappa shape index (κ3) is 4.72. The quantitative estimate of drug-likeness (QED) is 0.642. The third-order valence-electron chi connectivity index (χ3n) is 6.32. The van der Waals surface area contributed by atoms with Crippen LogP contribution in [-0.2, 0) is 12.7 Å². The van der Waals surface area contributed by atoms with Crippen molar-refractivity contribution in [2.45, 2.75) is 63.3 Å². The van der Waals surface area contributed by atoms with E-state index < -0.39 is 22.7 Å². The molecule has 3 heterocycles. The van der Waals surface area contributed by atoms with Crippen LogP contribution in [-0.4, -0.2) is 28.4 Å². The number of alkyl halides is 3. The van der Waals surface area contributed by atoms with Crippen LogP contribution in [0.4, 0.5) is 13.2 Å². The summed E-state index contributed by atoms with van der Waals surface area (Å²) in [5.74, 6) is -0.634. The zero-order valence-corrected chi connectivity index (χ0v) is 17.8. The number of fused-ring (bicyclic) bond motifs is 1. The number of rotatable bonds is 4. The van der Waals surface area contributed by atoms with Crippen LogP contribution in [0.25, 0.3) is 0 Å². The lowest BCUT2D eigenvalue weighted by Crippen LogP contribution is -2.45. The number of benzene rings is 1. The second kappa shape index (κ2) is 9.17. The van der Waals surface area contributed by atoms with Gasteiger partial charge in [-0.05, 0) is 62.4 Å². The molecule has 2 unspecified atom stereocenters. The van der Waals surface area contributed by atoms with Crippen LogP contribution in [0, 0.1) is 0 Å². The maximum absolute atomic E-state index is 13.1. The SMILES string of the molecule is O=C(NCc1cccnc1C1CCCC2CCCCN21)c1cccc(C(F)(F)F)c1Cl. The highest BCUT2D eigenvalue weighted by molar-refractivity contribution is 6.34. The molecule has 166 valence electrons. The van der Waals surface area contributed by atoms with Crippen molar-refractivity contribution in [3.05, 3.63) is 63.9 Å². The fraction of sp³-hybridized carbons (Fsp3) is 0.478. The fourth-order valence-corrected chi connectivity index (χ4v) is 5.17. The average molecular weight is 452 g/mol. The van der Waals surface area contributed by atoms with Crippen molar-refractivity contribution in [3.8, 4) is 0 Å². The number of pyridine rings is 1. The Hall–Kier alpha value is -2.12. The van der Waals surface area contributed by atoms with Gasteiger partial charge in [-0.25, -0.2) is 0 Å². The molecule has 0 aliphatic carbocycles. The van der Waals surface area contributed by atoms with E-state index in [2.05, 4.69) is 15.2 Å². The first-order valence-electron chi connectivity index (χ1n) is 10.7. The van der Waals surface area contributed by atoms with Crippen LogP contribution in [0.15, 0.2) is 36.5 Å². The van der Waals surface area contributed by atoms with Gasteiger partial charge in [0.25, 0.3) is 5.91 Å². The molecule has 31 heavy (non-hydrogen) atoms. The molecule has 0 bridgehead atoms. The smallest absolute Gasteiger partial charge is 0.348 e. The summed E-state index contributed by atoms with van der Waals surface area (Å²) in [7, 11) is 0. The van der Waals surface area contributed by atoms with Crippen LogP contribution in [0.2, 0.25) is 5.02 Å². The van der Waals surface area contributed by atoms with Gasteiger partial charge in [-0.2, -0.15) is 13.2 Å². The first-order chi connectivity index (χ1) is 14.9. The van der Waals surface area contributed by atoms with Crippen molar-refractivity contribution in [3.63, 3.8) is 0 Å². The molecular formula is C23H25ClF3N3O. The van der Waals surface area contributed by atoms with Gasteiger partial charge < -0.3 is 5.32 Å². The summed E-state index contributed by atoms with van der Waals surface area (Å²) < 4.78 is 39.3. The normalized spacial score (nSPS) is 22.1. The molecule has 2 aromatic rings. The number of hydrogen-bond acceptors (Lipinski definition) is 3. The predicted octanol–water partition coefficient (Wildman–Crippen LogP) is 5.76. The molecule has 8 heteroatoms. The van der Waals surface area contributed by atoms with Gasteiger partial charge in [-0.3, -0.25) is 14.7 Å². The summed E-state index contributed by atoms with van der Waals surface area (Å²) in [6.07, 6.45) is 4.18. The van der Waals surface area contributed by atoms with E-state index in [-0.39, 0.29) is 18.2 Å². The Kier molecular flexibility index (Phi) is 6.53. The highest BCUT2D eigenvalue weighted by Crippen LogP contribution is 2.39. The largest absolute Gasteiger partial charge is 0.417 e. The minimum Gasteiger partial charge on any atom is -0.348 e. The molecular weight excluding hydrogens is 427 g/mol. The lowest BCUT2D eigenvalue weighted by molar-refractivity contribution is -0.137. The number of carbonyl (C=O) groups excluding carboxylic acids is 1. The molecule has 1 aromatic heterocycles. The molecule has 0 radical (unpaired) electrons. The van der Waals surface area contributed by atoms with Gasteiger partial charge in [0.1, 0.15) is 0 Å².